The molecule has 0 atom stereocenters. The van der Waals surface area contributed by atoms with Gasteiger partial charge in [-0.25, -0.2) is 0 Å². The third-order valence-corrected chi connectivity index (χ3v) is 5.11. The summed E-state index contributed by atoms with van der Waals surface area (Å²) in [6.45, 7) is 6.18. The van der Waals surface area contributed by atoms with Gasteiger partial charge in [-0.2, -0.15) is 0 Å². The molecule has 1 aliphatic rings. The third kappa shape index (κ3) is 5.09. The molecule has 0 saturated carbocycles. The van der Waals surface area contributed by atoms with Crippen LogP contribution in [0.1, 0.15) is 43.4 Å². The van der Waals surface area contributed by atoms with Gasteiger partial charge in [0.1, 0.15) is 0 Å². The summed E-state index contributed by atoms with van der Waals surface area (Å²) in [4.78, 5) is 4.71. The quantitative estimate of drug-likeness (QED) is 0.451. The van der Waals surface area contributed by atoms with E-state index in [0.717, 1.165) is 54.1 Å². The minimum Gasteiger partial charge on any atom is -0.490 e. The molecule has 0 fully saturated rings. The highest BCUT2D eigenvalue weighted by molar-refractivity contribution is 6.35. The lowest BCUT2D eigenvalue weighted by atomic mass is 9.96. The molecule has 0 spiro atoms. The van der Waals surface area contributed by atoms with Crippen LogP contribution in [0, 0.1) is 0 Å². The number of fused-ring (bicyclic) bond motifs is 1. The fourth-order valence-electron chi connectivity index (χ4n) is 3.08. The van der Waals surface area contributed by atoms with Crippen molar-refractivity contribution in [3.63, 3.8) is 0 Å². The van der Waals surface area contributed by atoms with Crippen molar-refractivity contribution in [2.24, 2.45) is 4.99 Å². The summed E-state index contributed by atoms with van der Waals surface area (Å²) < 4.78 is 11.8. The van der Waals surface area contributed by atoms with E-state index >= 15 is 0 Å². The van der Waals surface area contributed by atoms with Crippen LogP contribution in [0.3, 0.4) is 0 Å². The molecule has 148 valence electrons. The van der Waals surface area contributed by atoms with E-state index in [1.807, 2.05) is 31.2 Å². The lowest BCUT2D eigenvalue weighted by molar-refractivity contribution is 0.272. The number of hydrogen-bond acceptors (Lipinski definition) is 3. The topological polar surface area (TPSA) is 30.8 Å². The van der Waals surface area contributed by atoms with Gasteiger partial charge in [-0.3, -0.25) is 4.99 Å². The maximum atomic E-state index is 6.29. The molecule has 1 heterocycles. The highest BCUT2D eigenvalue weighted by Crippen LogP contribution is 2.34. The Hall–Kier alpha value is -1.97. The second-order valence-corrected chi connectivity index (χ2v) is 7.45. The van der Waals surface area contributed by atoms with Crippen molar-refractivity contribution >= 4 is 35.0 Å². The summed E-state index contributed by atoms with van der Waals surface area (Å²) in [5.74, 6) is 1.59. The molecule has 2 aromatic rings. The van der Waals surface area contributed by atoms with Crippen molar-refractivity contribution in [2.75, 3.05) is 19.8 Å². The first-order valence-corrected chi connectivity index (χ1v) is 10.5. The van der Waals surface area contributed by atoms with Gasteiger partial charge in [0.15, 0.2) is 11.5 Å². The first-order valence-electron chi connectivity index (χ1n) is 9.72. The summed E-state index contributed by atoms with van der Waals surface area (Å²) >= 11 is 12.3. The molecule has 0 bridgehead atoms. The smallest absolute Gasteiger partial charge is 0.161 e. The van der Waals surface area contributed by atoms with Gasteiger partial charge in [-0.05, 0) is 61.2 Å². The number of hydrogen-bond donors (Lipinski definition) is 0. The molecule has 3 rings (SSSR count). The number of rotatable bonds is 8. The SMILES string of the molecule is CCCCOc1cc2c(cc1OCC)CCN=C2C=Cc1ccc(Cl)cc1Cl. The summed E-state index contributed by atoms with van der Waals surface area (Å²) in [7, 11) is 0. The molecule has 0 saturated heterocycles. The van der Waals surface area contributed by atoms with Crippen LogP contribution in [0.4, 0.5) is 0 Å². The van der Waals surface area contributed by atoms with Gasteiger partial charge in [0.25, 0.3) is 0 Å². The molecule has 0 unspecified atom stereocenters. The average molecular weight is 418 g/mol. The molecule has 0 amide bonds. The number of benzene rings is 2. The second-order valence-electron chi connectivity index (χ2n) is 6.61. The van der Waals surface area contributed by atoms with Crippen molar-refractivity contribution < 1.29 is 9.47 Å². The first kappa shape index (κ1) is 20.8. The zero-order valence-electron chi connectivity index (χ0n) is 16.3. The molecule has 0 N–H and O–H groups in total. The average Bonchev–Trinajstić information content (AvgIpc) is 2.68. The van der Waals surface area contributed by atoms with Gasteiger partial charge in [0.2, 0.25) is 0 Å². The molecule has 5 heteroatoms. The van der Waals surface area contributed by atoms with E-state index in [-0.39, 0.29) is 0 Å². The van der Waals surface area contributed by atoms with E-state index in [9.17, 15) is 0 Å². The third-order valence-electron chi connectivity index (χ3n) is 4.55. The van der Waals surface area contributed by atoms with Crippen LogP contribution < -0.4 is 9.47 Å². The van der Waals surface area contributed by atoms with Crippen molar-refractivity contribution in [1.82, 2.24) is 0 Å². The molecule has 2 aromatic carbocycles. The van der Waals surface area contributed by atoms with Gasteiger partial charge < -0.3 is 9.47 Å². The predicted octanol–water partition coefficient (Wildman–Crippen LogP) is 6.63. The molecule has 3 nitrogen and oxygen atoms in total. The summed E-state index contributed by atoms with van der Waals surface area (Å²) in [6.07, 6.45) is 6.97. The summed E-state index contributed by atoms with van der Waals surface area (Å²) in [5.41, 5.74) is 4.15. The van der Waals surface area contributed by atoms with E-state index in [4.69, 9.17) is 37.7 Å². The largest absolute Gasteiger partial charge is 0.490 e. The highest BCUT2D eigenvalue weighted by atomic mass is 35.5. The van der Waals surface area contributed by atoms with Gasteiger partial charge in [-0.15, -0.1) is 0 Å². The van der Waals surface area contributed by atoms with Crippen molar-refractivity contribution in [1.29, 1.82) is 0 Å². The Bertz CT molecular complexity index is 890. The zero-order chi connectivity index (χ0) is 19.9. The zero-order valence-corrected chi connectivity index (χ0v) is 17.8. The Morgan fingerprint density at radius 3 is 2.61 bits per heavy atom. The normalized spacial score (nSPS) is 13.4. The molecular weight excluding hydrogens is 393 g/mol. The number of allylic oxidation sites excluding steroid dienone is 1. The van der Waals surface area contributed by atoms with Crippen LogP contribution in [-0.4, -0.2) is 25.5 Å². The van der Waals surface area contributed by atoms with E-state index in [1.54, 1.807) is 6.07 Å². The van der Waals surface area contributed by atoms with Crippen LogP contribution in [0.15, 0.2) is 41.4 Å². The maximum absolute atomic E-state index is 6.29. The molecule has 28 heavy (non-hydrogen) atoms. The number of ether oxygens (including phenoxy) is 2. The van der Waals surface area contributed by atoms with Crippen LogP contribution in [0.2, 0.25) is 10.0 Å². The number of halogens is 2. The Kier molecular flexibility index (Phi) is 7.41. The minimum absolute atomic E-state index is 0.610. The fraction of sp³-hybridized carbons (Fsp3) is 0.348. The van der Waals surface area contributed by atoms with Gasteiger partial charge in [0, 0.05) is 22.2 Å². The van der Waals surface area contributed by atoms with E-state index in [0.29, 0.717) is 23.3 Å². The number of unbranched alkanes of at least 4 members (excludes halogenated alkanes) is 1. The number of nitrogens with zero attached hydrogens (tertiary/aromatic N) is 1. The fourth-order valence-corrected chi connectivity index (χ4v) is 3.56. The van der Waals surface area contributed by atoms with Crippen LogP contribution >= 0.6 is 23.2 Å². The lowest BCUT2D eigenvalue weighted by Crippen LogP contribution is -2.12. The lowest BCUT2D eigenvalue weighted by Gasteiger charge is -2.19. The summed E-state index contributed by atoms with van der Waals surface area (Å²) in [5, 5.41) is 1.25. The molecule has 0 radical (unpaired) electrons. The van der Waals surface area contributed by atoms with Crippen LogP contribution in [0.5, 0.6) is 11.5 Å². The standard InChI is InChI=1S/C23H25Cl2NO2/c1-3-5-12-28-23-15-19-17(13-22(23)27-4-2)10-11-26-21(19)9-7-16-6-8-18(24)14-20(16)25/h6-9,13-15H,3-5,10-12H2,1-2H3. The number of aliphatic imine (C=N–C) groups is 1. The van der Waals surface area contributed by atoms with Crippen LogP contribution in [-0.2, 0) is 6.42 Å². The predicted molar refractivity (Wildman–Crippen MR) is 119 cm³/mol. The van der Waals surface area contributed by atoms with Crippen molar-refractivity contribution in [3.8, 4) is 11.5 Å². The molecule has 0 aliphatic carbocycles. The van der Waals surface area contributed by atoms with Gasteiger partial charge in [-0.1, -0.05) is 48.7 Å². The molecular formula is C23H25Cl2NO2. The Morgan fingerprint density at radius 2 is 1.86 bits per heavy atom. The van der Waals surface area contributed by atoms with Crippen molar-refractivity contribution in [2.45, 2.75) is 33.1 Å². The maximum Gasteiger partial charge on any atom is 0.161 e. The Labute approximate surface area is 177 Å². The van der Waals surface area contributed by atoms with E-state index in [1.165, 1.54) is 5.56 Å². The minimum atomic E-state index is 0.610. The van der Waals surface area contributed by atoms with E-state index in [2.05, 4.69) is 19.1 Å². The monoisotopic (exact) mass is 417 g/mol. The van der Waals surface area contributed by atoms with E-state index < -0.39 is 0 Å². The Balaban J connectivity index is 1.91. The summed E-state index contributed by atoms with van der Waals surface area (Å²) in [6, 6.07) is 9.63. The Morgan fingerprint density at radius 1 is 1.04 bits per heavy atom. The highest BCUT2D eigenvalue weighted by Gasteiger charge is 2.17. The van der Waals surface area contributed by atoms with Gasteiger partial charge >= 0.3 is 0 Å². The first-order chi connectivity index (χ1) is 13.6. The van der Waals surface area contributed by atoms with Gasteiger partial charge in [0.05, 0.1) is 18.9 Å². The van der Waals surface area contributed by atoms with Crippen LogP contribution in [0.25, 0.3) is 6.08 Å². The molecule has 1 aliphatic heterocycles. The van der Waals surface area contributed by atoms with Crippen molar-refractivity contribution in [3.05, 3.63) is 63.1 Å². The second kappa shape index (κ2) is 9.99. The molecule has 0 aromatic heterocycles.